The predicted octanol–water partition coefficient (Wildman–Crippen LogP) is 2.93. The fourth-order valence-electron chi connectivity index (χ4n) is 4.07. The lowest BCUT2D eigenvalue weighted by Crippen LogP contribution is -3.00. The van der Waals surface area contributed by atoms with E-state index in [0.29, 0.717) is 0 Å². The lowest BCUT2D eigenvalue weighted by atomic mass is 10.1. The fraction of sp³-hybridized carbons (Fsp3) is 0.125. The van der Waals surface area contributed by atoms with Gasteiger partial charge in [-0.15, -0.1) is 0 Å². The molecule has 0 fully saturated rings. The van der Waals surface area contributed by atoms with Crippen LogP contribution >= 0.6 is 0 Å². The minimum atomic E-state index is 0. The van der Waals surface area contributed by atoms with Crippen LogP contribution in [0, 0.1) is 13.8 Å². The van der Waals surface area contributed by atoms with E-state index in [0.717, 1.165) is 38.8 Å². The zero-order valence-corrected chi connectivity index (χ0v) is 18.2. The van der Waals surface area contributed by atoms with Crippen LogP contribution in [-0.2, 0) is 7.05 Å². The van der Waals surface area contributed by atoms with Crippen LogP contribution in [0.25, 0.3) is 33.0 Å². The van der Waals surface area contributed by atoms with E-state index in [1.54, 1.807) is 0 Å². The minimum absolute atomic E-state index is 0. The second kappa shape index (κ2) is 7.09. The van der Waals surface area contributed by atoms with Crippen molar-refractivity contribution >= 4 is 44.3 Å². The van der Waals surface area contributed by atoms with Crippen molar-refractivity contribution in [3.8, 4) is 0 Å². The number of nitrogens with zero attached hydrogens (tertiary/aromatic N) is 1. The molecular weight excluding hydrogens is 459 g/mol. The molecule has 0 bridgehead atoms. The Kier molecular flexibility index (Phi) is 4.75. The van der Waals surface area contributed by atoms with E-state index < -0.39 is 0 Å². The predicted molar refractivity (Wildman–Crippen MR) is 112 cm³/mol. The Morgan fingerprint density at radius 2 is 1.46 bits per heavy atom. The molecule has 1 N–H and O–H groups in total. The van der Waals surface area contributed by atoms with Crippen molar-refractivity contribution in [3.63, 3.8) is 0 Å². The third kappa shape index (κ3) is 2.92. The first-order chi connectivity index (χ1) is 13.1. The molecule has 0 aliphatic rings. The molecule has 3 aromatic carbocycles. The molecule has 0 saturated carbocycles. The summed E-state index contributed by atoms with van der Waals surface area (Å²) in [5.41, 5.74) is 8.64. The summed E-state index contributed by atoms with van der Waals surface area (Å²) < 4.78 is 8.55. The van der Waals surface area contributed by atoms with Crippen LogP contribution in [0.2, 0.25) is 0 Å². The van der Waals surface area contributed by atoms with Crippen LogP contribution in [0.5, 0.6) is 0 Å². The molecule has 5 aromatic rings. The molecule has 0 unspecified atom stereocenters. The zero-order chi connectivity index (χ0) is 18.5. The van der Waals surface area contributed by atoms with Gasteiger partial charge in [-0.1, -0.05) is 30.3 Å². The topological polar surface area (TPSA) is 29.1 Å². The maximum absolute atomic E-state index is 6.32. The summed E-state index contributed by atoms with van der Waals surface area (Å²) in [5, 5.41) is 5.93. The number of anilines is 2. The normalized spacial score (nSPS) is 11.1. The molecule has 5 rings (SSSR count). The number of aryl methyl sites for hydroxylation is 3. The Labute approximate surface area is 181 Å². The number of nitrogens with one attached hydrogen (secondary N) is 1. The monoisotopic (exact) mass is 480 g/mol. The number of halogens is 1. The number of rotatable bonds is 2. The summed E-state index contributed by atoms with van der Waals surface area (Å²) in [5.74, 6) is 0. The summed E-state index contributed by atoms with van der Waals surface area (Å²) in [6, 6.07) is 23.2. The van der Waals surface area contributed by atoms with Gasteiger partial charge in [0, 0.05) is 11.8 Å². The molecule has 0 saturated heterocycles. The van der Waals surface area contributed by atoms with E-state index in [9.17, 15) is 0 Å². The smallest absolute Gasteiger partial charge is 0.261 e. The maximum Gasteiger partial charge on any atom is 0.261 e. The van der Waals surface area contributed by atoms with Gasteiger partial charge in [-0.05, 0) is 55.3 Å². The summed E-state index contributed by atoms with van der Waals surface area (Å²) in [4.78, 5) is 0. The lowest BCUT2D eigenvalue weighted by Gasteiger charge is -2.11. The number of hydrogen-bond donors (Lipinski definition) is 1. The van der Waals surface area contributed by atoms with Crippen LogP contribution in [0.1, 0.15) is 11.1 Å². The lowest BCUT2D eigenvalue weighted by molar-refractivity contribution is -0.616. The van der Waals surface area contributed by atoms with Crippen molar-refractivity contribution in [2.75, 3.05) is 5.32 Å². The van der Waals surface area contributed by atoms with Gasteiger partial charge in [-0.3, -0.25) is 0 Å². The number of benzene rings is 3. The van der Waals surface area contributed by atoms with Gasteiger partial charge in [0.25, 0.3) is 5.52 Å². The van der Waals surface area contributed by atoms with Crippen LogP contribution in [0.3, 0.4) is 0 Å². The molecule has 0 amide bonds. The van der Waals surface area contributed by atoms with E-state index in [1.807, 2.05) is 12.1 Å². The molecule has 0 radical (unpaired) electrons. The number of para-hydroxylation sites is 2. The first-order valence-electron chi connectivity index (χ1n) is 9.19. The Morgan fingerprint density at radius 1 is 0.821 bits per heavy atom. The van der Waals surface area contributed by atoms with E-state index in [2.05, 4.69) is 85.4 Å². The standard InChI is InChI=1S/C24H20N2O.HI/c1-15-12-16(2)14-17(13-15)25-22-18-8-4-6-10-20(18)26(3)23-19-9-5-7-11-21(19)27-24(22)23;/h4-14H,1-3H3;1H. The average molecular weight is 480 g/mol. The second-order valence-corrected chi connectivity index (χ2v) is 7.23. The highest BCUT2D eigenvalue weighted by Crippen LogP contribution is 2.37. The molecule has 2 aromatic heterocycles. The van der Waals surface area contributed by atoms with Crippen molar-refractivity contribution in [1.29, 1.82) is 0 Å². The highest BCUT2D eigenvalue weighted by molar-refractivity contribution is 6.11. The highest BCUT2D eigenvalue weighted by atomic mass is 127. The molecule has 0 aliphatic carbocycles. The van der Waals surface area contributed by atoms with Gasteiger partial charge in [0.2, 0.25) is 11.1 Å². The van der Waals surface area contributed by atoms with Gasteiger partial charge >= 0.3 is 0 Å². The summed E-state index contributed by atoms with van der Waals surface area (Å²) in [6.07, 6.45) is 0. The van der Waals surface area contributed by atoms with Gasteiger partial charge in [0.05, 0.1) is 10.8 Å². The van der Waals surface area contributed by atoms with Crippen LogP contribution < -0.4 is 33.9 Å². The van der Waals surface area contributed by atoms with E-state index in [4.69, 9.17) is 4.42 Å². The second-order valence-electron chi connectivity index (χ2n) is 7.23. The summed E-state index contributed by atoms with van der Waals surface area (Å²) in [6.45, 7) is 4.25. The fourth-order valence-corrected chi connectivity index (χ4v) is 4.07. The van der Waals surface area contributed by atoms with Crippen molar-refractivity contribution in [1.82, 2.24) is 0 Å². The van der Waals surface area contributed by atoms with Crippen LogP contribution in [-0.4, -0.2) is 0 Å². The third-order valence-corrected chi connectivity index (χ3v) is 5.16. The molecule has 4 heteroatoms. The van der Waals surface area contributed by atoms with Crippen molar-refractivity contribution in [2.45, 2.75) is 13.8 Å². The molecule has 28 heavy (non-hydrogen) atoms. The van der Waals surface area contributed by atoms with Gasteiger partial charge in [0.15, 0.2) is 0 Å². The van der Waals surface area contributed by atoms with Gasteiger partial charge < -0.3 is 33.7 Å². The number of fused-ring (bicyclic) bond motifs is 4. The quantitative estimate of drug-likeness (QED) is 0.311. The molecule has 0 aliphatic heterocycles. The number of hydrogen-bond acceptors (Lipinski definition) is 2. The van der Waals surface area contributed by atoms with Crippen molar-refractivity contribution in [2.24, 2.45) is 7.05 Å². The number of furan rings is 1. The van der Waals surface area contributed by atoms with Gasteiger partial charge in [-0.25, -0.2) is 0 Å². The molecule has 3 nitrogen and oxygen atoms in total. The Bertz CT molecular complexity index is 1320. The maximum atomic E-state index is 6.32. The van der Waals surface area contributed by atoms with Gasteiger partial charge in [-0.2, -0.15) is 4.57 Å². The van der Waals surface area contributed by atoms with E-state index >= 15 is 0 Å². The SMILES string of the molecule is Cc1cc(C)cc(Nc2c3ccccc3[n+](C)c3c2oc2ccccc23)c1.[I-]. The van der Waals surface area contributed by atoms with Crippen LogP contribution in [0.4, 0.5) is 11.4 Å². The molecular formula is C24H21IN2O. The molecule has 2 heterocycles. The van der Waals surface area contributed by atoms with E-state index in [1.165, 1.54) is 16.6 Å². The molecule has 140 valence electrons. The van der Waals surface area contributed by atoms with E-state index in [-0.39, 0.29) is 24.0 Å². The summed E-state index contributed by atoms with van der Waals surface area (Å²) in [7, 11) is 2.10. The highest BCUT2D eigenvalue weighted by Gasteiger charge is 2.24. The Morgan fingerprint density at radius 3 is 2.21 bits per heavy atom. The summed E-state index contributed by atoms with van der Waals surface area (Å²) >= 11 is 0. The van der Waals surface area contributed by atoms with Crippen LogP contribution in [0.15, 0.2) is 71.1 Å². The van der Waals surface area contributed by atoms with Gasteiger partial charge in [0.1, 0.15) is 18.3 Å². The first-order valence-corrected chi connectivity index (χ1v) is 9.19. The average Bonchev–Trinajstić information content (AvgIpc) is 3.04. The number of pyridine rings is 1. The number of aromatic nitrogens is 1. The third-order valence-electron chi connectivity index (χ3n) is 5.16. The Hall–Kier alpha value is -2.60. The largest absolute Gasteiger partial charge is 1.00 e. The molecule has 0 spiro atoms. The van der Waals surface area contributed by atoms with Crippen molar-refractivity contribution < 1.29 is 33.0 Å². The zero-order valence-electron chi connectivity index (χ0n) is 16.1. The minimum Gasteiger partial charge on any atom is -1.00 e. The first kappa shape index (κ1) is 18.7. The van der Waals surface area contributed by atoms with Crippen molar-refractivity contribution in [3.05, 3.63) is 77.9 Å². The Balaban J connectivity index is 0.00000192. The molecule has 0 atom stereocenters.